The fraction of sp³-hybridized carbons (Fsp3) is 0.875. The second-order valence-electron chi connectivity index (χ2n) is 2.70. The molecule has 0 aliphatic carbocycles. The quantitative estimate of drug-likeness (QED) is 0.531. The molecule has 0 aromatic rings. The minimum Gasteiger partial charge on any atom is -0.379 e. The molecule has 10 heavy (non-hydrogen) atoms. The first kappa shape index (κ1) is 9.92. The van der Waals surface area contributed by atoms with E-state index in [4.69, 9.17) is 4.74 Å². The third-order valence-corrected chi connectivity index (χ3v) is 1.21. The molecule has 0 aliphatic heterocycles. The molecule has 0 fully saturated rings. The average Bonchev–Trinajstić information content (AvgIpc) is 1.87. The Morgan fingerprint density at radius 3 is 2.40 bits per heavy atom. The predicted molar refractivity (Wildman–Crippen MR) is 41.6 cm³/mol. The van der Waals surface area contributed by atoms with Crippen LogP contribution in [0.25, 0.3) is 0 Å². The molecule has 0 saturated carbocycles. The highest BCUT2D eigenvalue weighted by atomic mass is 16.5. The Morgan fingerprint density at radius 1 is 1.20 bits per heavy atom. The first-order valence-electron chi connectivity index (χ1n) is 3.72. The summed E-state index contributed by atoms with van der Waals surface area (Å²) in [6, 6.07) is 0. The van der Waals surface area contributed by atoms with Crippen LogP contribution >= 0.6 is 0 Å². The van der Waals surface area contributed by atoms with E-state index >= 15 is 0 Å². The van der Waals surface area contributed by atoms with Gasteiger partial charge in [-0.1, -0.05) is 13.8 Å². The highest BCUT2D eigenvalue weighted by Crippen LogP contribution is 1.98. The Hall–Kier alpha value is -0.0800. The van der Waals surface area contributed by atoms with Crippen LogP contribution in [-0.2, 0) is 9.47 Å². The second kappa shape index (κ2) is 7.03. The zero-order valence-electron chi connectivity index (χ0n) is 6.93. The lowest BCUT2D eigenvalue weighted by molar-refractivity contribution is 0.0768. The molecule has 2 nitrogen and oxygen atoms in total. The Labute approximate surface area is 63.5 Å². The molecule has 0 unspecified atom stereocenters. The standard InChI is InChI=1S/C8H17O2/c1-8(2)4-5-10-7-6-9-3/h8H,3-7H2,1-2H3. The maximum absolute atomic E-state index is 5.22. The van der Waals surface area contributed by atoms with Crippen LogP contribution in [0.4, 0.5) is 0 Å². The van der Waals surface area contributed by atoms with Crippen molar-refractivity contribution in [2.75, 3.05) is 19.8 Å². The summed E-state index contributed by atoms with van der Waals surface area (Å²) in [6.07, 6.45) is 1.12. The van der Waals surface area contributed by atoms with E-state index in [-0.39, 0.29) is 0 Å². The first-order chi connectivity index (χ1) is 4.77. The predicted octanol–water partition coefficient (Wildman–Crippen LogP) is 1.86. The molecule has 0 aromatic carbocycles. The minimum absolute atomic E-state index is 0.595. The molecule has 61 valence electrons. The normalized spacial score (nSPS) is 10.8. The minimum atomic E-state index is 0.595. The number of rotatable bonds is 6. The van der Waals surface area contributed by atoms with E-state index in [9.17, 15) is 0 Å². The smallest absolute Gasteiger partial charge is 0.0701 e. The Morgan fingerprint density at radius 2 is 1.90 bits per heavy atom. The van der Waals surface area contributed by atoms with Crippen LogP contribution < -0.4 is 0 Å². The molecule has 0 amide bonds. The SMILES string of the molecule is [CH2]OCCOCCC(C)C. The molecule has 0 atom stereocenters. The first-order valence-corrected chi connectivity index (χ1v) is 3.72. The molecular weight excluding hydrogens is 128 g/mol. The summed E-state index contributed by atoms with van der Waals surface area (Å²) < 4.78 is 9.79. The Balaban J connectivity index is 2.77. The summed E-state index contributed by atoms with van der Waals surface area (Å²) in [4.78, 5) is 0. The summed E-state index contributed by atoms with van der Waals surface area (Å²) in [6.45, 7) is 6.46. The largest absolute Gasteiger partial charge is 0.379 e. The van der Waals surface area contributed by atoms with E-state index in [0.717, 1.165) is 18.9 Å². The second-order valence-corrected chi connectivity index (χ2v) is 2.70. The van der Waals surface area contributed by atoms with Gasteiger partial charge in [0.15, 0.2) is 0 Å². The van der Waals surface area contributed by atoms with Crippen molar-refractivity contribution in [3.05, 3.63) is 7.11 Å². The molecule has 0 aromatic heterocycles. The number of hydrogen-bond donors (Lipinski definition) is 0. The molecular formula is C8H17O2. The van der Waals surface area contributed by atoms with Gasteiger partial charge in [-0.3, -0.25) is 0 Å². The van der Waals surface area contributed by atoms with Crippen LogP contribution in [0.15, 0.2) is 0 Å². The molecule has 1 radical (unpaired) electrons. The fourth-order valence-corrected chi connectivity index (χ4v) is 0.539. The van der Waals surface area contributed by atoms with Crippen LogP contribution in [0.3, 0.4) is 0 Å². The van der Waals surface area contributed by atoms with Crippen molar-refractivity contribution in [1.29, 1.82) is 0 Å². The van der Waals surface area contributed by atoms with E-state index in [1.807, 2.05) is 0 Å². The third-order valence-electron chi connectivity index (χ3n) is 1.21. The fourth-order valence-electron chi connectivity index (χ4n) is 0.539. The number of hydrogen-bond acceptors (Lipinski definition) is 2. The molecule has 0 bridgehead atoms. The van der Waals surface area contributed by atoms with Crippen molar-refractivity contribution >= 4 is 0 Å². The molecule has 0 saturated heterocycles. The van der Waals surface area contributed by atoms with E-state index in [0.29, 0.717) is 13.2 Å². The zero-order chi connectivity index (χ0) is 7.82. The molecule has 0 aliphatic rings. The van der Waals surface area contributed by atoms with Gasteiger partial charge < -0.3 is 9.47 Å². The molecule has 0 rings (SSSR count). The van der Waals surface area contributed by atoms with Gasteiger partial charge in [-0.15, -0.1) is 0 Å². The highest BCUT2D eigenvalue weighted by molar-refractivity contribution is 4.42. The van der Waals surface area contributed by atoms with Crippen LogP contribution in [0.2, 0.25) is 0 Å². The molecule has 2 heteroatoms. The zero-order valence-corrected chi connectivity index (χ0v) is 6.93. The van der Waals surface area contributed by atoms with Gasteiger partial charge in [-0.25, -0.2) is 0 Å². The van der Waals surface area contributed by atoms with Gasteiger partial charge >= 0.3 is 0 Å². The van der Waals surface area contributed by atoms with Crippen molar-refractivity contribution in [2.24, 2.45) is 5.92 Å². The maximum atomic E-state index is 5.22. The average molecular weight is 145 g/mol. The van der Waals surface area contributed by atoms with Gasteiger partial charge in [0.2, 0.25) is 0 Å². The van der Waals surface area contributed by atoms with Crippen molar-refractivity contribution in [3.63, 3.8) is 0 Å². The third kappa shape index (κ3) is 7.92. The van der Waals surface area contributed by atoms with E-state index in [1.165, 1.54) is 0 Å². The summed E-state index contributed by atoms with van der Waals surface area (Å²) in [5.74, 6) is 0.723. The van der Waals surface area contributed by atoms with Gasteiger partial charge in [0.25, 0.3) is 0 Å². The number of ether oxygens (including phenoxy) is 2. The lowest BCUT2D eigenvalue weighted by Gasteiger charge is -2.04. The summed E-state index contributed by atoms with van der Waals surface area (Å²) in [5, 5.41) is 0. The highest BCUT2D eigenvalue weighted by Gasteiger charge is 1.92. The lowest BCUT2D eigenvalue weighted by atomic mass is 10.1. The summed E-state index contributed by atoms with van der Waals surface area (Å²) in [7, 11) is 3.24. The van der Waals surface area contributed by atoms with Gasteiger partial charge in [0.05, 0.1) is 20.3 Å². The molecule has 0 heterocycles. The molecule has 0 spiro atoms. The molecule has 0 N–H and O–H groups in total. The monoisotopic (exact) mass is 145 g/mol. The van der Waals surface area contributed by atoms with Crippen LogP contribution in [-0.4, -0.2) is 19.8 Å². The van der Waals surface area contributed by atoms with Gasteiger partial charge in [0, 0.05) is 6.61 Å². The van der Waals surface area contributed by atoms with Crippen molar-refractivity contribution in [1.82, 2.24) is 0 Å². The summed E-state index contributed by atoms with van der Waals surface area (Å²) >= 11 is 0. The van der Waals surface area contributed by atoms with Crippen molar-refractivity contribution in [2.45, 2.75) is 20.3 Å². The van der Waals surface area contributed by atoms with Crippen molar-refractivity contribution in [3.8, 4) is 0 Å². The van der Waals surface area contributed by atoms with Crippen LogP contribution in [0.5, 0.6) is 0 Å². The lowest BCUT2D eigenvalue weighted by Crippen LogP contribution is -2.04. The van der Waals surface area contributed by atoms with Crippen LogP contribution in [0, 0.1) is 13.0 Å². The van der Waals surface area contributed by atoms with Crippen LogP contribution in [0.1, 0.15) is 20.3 Å². The van der Waals surface area contributed by atoms with E-state index in [2.05, 4.69) is 25.7 Å². The van der Waals surface area contributed by atoms with Gasteiger partial charge in [-0.05, 0) is 12.3 Å². The summed E-state index contributed by atoms with van der Waals surface area (Å²) in [5.41, 5.74) is 0. The van der Waals surface area contributed by atoms with Gasteiger partial charge in [-0.2, -0.15) is 0 Å². The van der Waals surface area contributed by atoms with E-state index < -0.39 is 0 Å². The van der Waals surface area contributed by atoms with Crippen molar-refractivity contribution < 1.29 is 9.47 Å². The maximum Gasteiger partial charge on any atom is 0.0701 e. The van der Waals surface area contributed by atoms with E-state index in [1.54, 1.807) is 0 Å². The van der Waals surface area contributed by atoms with Gasteiger partial charge in [0.1, 0.15) is 0 Å². The Bertz CT molecular complexity index is 62.3. The Kier molecular flexibility index (Phi) is 6.98. The topological polar surface area (TPSA) is 18.5 Å².